The number of hydrazine groups is 1. The third kappa shape index (κ3) is 5.72. The van der Waals surface area contributed by atoms with Gasteiger partial charge in [0.15, 0.2) is 6.04 Å². The predicted molar refractivity (Wildman–Crippen MR) is 67.0 cm³/mol. The molecule has 0 rings (SSSR count). The van der Waals surface area contributed by atoms with Crippen molar-refractivity contribution in [2.24, 2.45) is 11.2 Å². The van der Waals surface area contributed by atoms with E-state index in [0.717, 1.165) is 5.01 Å². The molecular formula is C11H21N3O6. The molecule has 0 heterocycles. The Hall–Kier alpha value is -2.06. The van der Waals surface area contributed by atoms with E-state index in [9.17, 15) is 14.8 Å². The van der Waals surface area contributed by atoms with Crippen LogP contribution in [0.4, 0.5) is 0 Å². The number of ether oxygens (including phenoxy) is 1. The molecule has 0 unspecified atom stereocenters. The van der Waals surface area contributed by atoms with E-state index in [0.29, 0.717) is 6.42 Å². The predicted octanol–water partition coefficient (Wildman–Crippen LogP) is 1.14. The smallest absolute Gasteiger partial charge is 0.332 e. The summed E-state index contributed by atoms with van der Waals surface area (Å²) in [5.74, 6) is -1.87. The molecule has 116 valence electrons. The van der Waals surface area contributed by atoms with Gasteiger partial charge in [0.25, 0.3) is 6.79 Å². The third-order valence-electron chi connectivity index (χ3n) is 2.80. The number of carbonyl (C=O) groups is 2. The Kier molecular flexibility index (Phi) is 8.02. The number of hydrogen-bond donors (Lipinski definition) is 1. The Morgan fingerprint density at radius 1 is 1.45 bits per heavy atom. The molecule has 1 N–H and O–H groups in total. The third-order valence-corrected chi connectivity index (χ3v) is 2.80. The average molecular weight is 291 g/mol. The van der Waals surface area contributed by atoms with Crippen LogP contribution in [0.3, 0.4) is 0 Å². The van der Waals surface area contributed by atoms with Crippen molar-refractivity contribution < 1.29 is 29.2 Å². The number of esters is 1. The Bertz CT molecular complexity index is 360. The molecule has 0 saturated heterocycles. The van der Waals surface area contributed by atoms with Crippen LogP contribution >= 0.6 is 0 Å². The van der Waals surface area contributed by atoms with Crippen LogP contribution in [0.5, 0.6) is 0 Å². The number of nitrogens with zero attached hydrogens (tertiary/aromatic N) is 3. The van der Waals surface area contributed by atoms with Gasteiger partial charge < -0.3 is 19.9 Å². The van der Waals surface area contributed by atoms with Crippen LogP contribution in [0.2, 0.25) is 0 Å². The minimum absolute atomic E-state index is 0.0186. The first kappa shape index (κ1) is 17.9. The minimum atomic E-state index is -1.13. The van der Waals surface area contributed by atoms with Gasteiger partial charge in [0.05, 0.1) is 12.0 Å². The molecule has 0 aromatic heterocycles. The van der Waals surface area contributed by atoms with Crippen molar-refractivity contribution in [3.8, 4) is 0 Å². The summed E-state index contributed by atoms with van der Waals surface area (Å²) in [5, 5.41) is 24.7. The van der Waals surface area contributed by atoms with Crippen LogP contribution in [-0.4, -0.2) is 46.9 Å². The fourth-order valence-electron chi connectivity index (χ4n) is 1.43. The van der Waals surface area contributed by atoms with E-state index < -0.39 is 24.8 Å². The van der Waals surface area contributed by atoms with E-state index in [4.69, 9.17) is 5.11 Å². The molecule has 0 aliphatic carbocycles. The van der Waals surface area contributed by atoms with Gasteiger partial charge in [0, 0.05) is 6.42 Å². The second kappa shape index (κ2) is 8.94. The van der Waals surface area contributed by atoms with Crippen LogP contribution in [0.15, 0.2) is 5.28 Å². The molecule has 9 heteroatoms. The molecule has 20 heavy (non-hydrogen) atoms. The Morgan fingerprint density at radius 2 is 2.05 bits per heavy atom. The number of rotatable bonds is 9. The first-order valence-electron chi connectivity index (χ1n) is 6.26. The number of carboxylic acids is 1. The van der Waals surface area contributed by atoms with E-state index in [1.807, 2.05) is 6.92 Å². The van der Waals surface area contributed by atoms with Gasteiger partial charge in [-0.15, -0.1) is 5.01 Å². The van der Waals surface area contributed by atoms with Crippen molar-refractivity contribution in [2.45, 2.75) is 39.7 Å². The first-order chi connectivity index (χ1) is 9.34. The van der Waals surface area contributed by atoms with Crippen molar-refractivity contribution in [2.75, 3.05) is 13.8 Å². The lowest BCUT2D eigenvalue weighted by Crippen LogP contribution is -2.46. The molecule has 0 bridgehead atoms. The van der Waals surface area contributed by atoms with E-state index >= 15 is 0 Å². The van der Waals surface area contributed by atoms with E-state index in [1.54, 1.807) is 13.8 Å². The highest BCUT2D eigenvalue weighted by atomic mass is 16.8. The van der Waals surface area contributed by atoms with Gasteiger partial charge in [-0.1, -0.05) is 27.2 Å². The van der Waals surface area contributed by atoms with Crippen molar-refractivity contribution in [3.05, 3.63) is 5.21 Å². The fourth-order valence-corrected chi connectivity index (χ4v) is 1.43. The molecule has 0 fully saturated rings. The molecule has 0 aromatic rings. The van der Waals surface area contributed by atoms with Crippen LogP contribution in [0.1, 0.15) is 33.6 Å². The van der Waals surface area contributed by atoms with Gasteiger partial charge in [-0.25, -0.2) is 4.79 Å². The van der Waals surface area contributed by atoms with E-state index in [1.165, 1.54) is 7.05 Å². The quantitative estimate of drug-likeness (QED) is 0.169. The van der Waals surface area contributed by atoms with Crippen LogP contribution < -0.4 is 0 Å². The maximum atomic E-state index is 11.6. The van der Waals surface area contributed by atoms with Crippen molar-refractivity contribution in [1.29, 1.82) is 0 Å². The van der Waals surface area contributed by atoms with Gasteiger partial charge in [0.2, 0.25) is 5.28 Å². The molecule has 0 amide bonds. The summed E-state index contributed by atoms with van der Waals surface area (Å²) >= 11 is 0. The summed E-state index contributed by atoms with van der Waals surface area (Å²) in [6.07, 6.45) is 0.767. The number of carboxylic acid groups (broad SMARTS) is 1. The van der Waals surface area contributed by atoms with Gasteiger partial charge in [-0.3, -0.25) is 4.79 Å². The zero-order chi connectivity index (χ0) is 15.7. The highest BCUT2D eigenvalue weighted by molar-refractivity contribution is 5.73. The molecule has 0 radical (unpaired) electrons. The molecule has 9 nitrogen and oxygen atoms in total. The SMILES string of the molecule is CCC(=O)OCON=[N+]([O-])N(C)[C@H](C(=O)O)[C@H](C)CC. The Morgan fingerprint density at radius 3 is 2.50 bits per heavy atom. The lowest BCUT2D eigenvalue weighted by atomic mass is 9.99. The van der Waals surface area contributed by atoms with Crippen molar-refractivity contribution in [3.63, 3.8) is 0 Å². The lowest BCUT2D eigenvalue weighted by Gasteiger charge is -2.24. The highest BCUT2D eigenvalue weighted by Gasteiger charge is 2.33. The number of aliphatic carboxylic acids is 1. The number of hydrogen-bond acceptors (Lipinski definition) is 6. The molecule has 0 aliphatic heterocycles. The molecule has 0 aliphatic rings. The minimum Gasteiger partial charge on any atom is -0.569 e. The van der Waals surface area contributed by atoms with Gasteiger partial charge in [-0.05, 0) is 5.92 Å². The van der Waals surface area contributed by atoms with Crippen LogP contribution in [-0.2, 0) is 19.2 Å². The Balaban J connectivity index is 4.52. The van der Waals surface area contributed by atoms with Crippen molar-refractivity contribution in [1.82, 2.24) is 5.01 Å². The summed E-state index contributed by atoms with van der Waals surface area (Å²) in [7, 11) is 1.29. The Labute approximate surface area is 117 Å². The summed E-state index contributed by atoms with van der Waals surface area (Å²) in [6, 6.07) is -1.02. The lowest BCUT2D eigenvalue weighted by molar-refractivity contribution is -0.712. The summed E-state index contributed by atoms with van der Waals surface area (Å²) in [4.78, 5) is 26.4. The zero-order valence-corrected chi connectivity index (χ0v) is 12.1. The van der Waals surface area contributed by atoms with Gasteiger partial charge >= 0.3 is 11.9 Å². The highest BCUT2D eigenvalue weighted by Crippen LogP contribution is 2.14. The molecular weight excluding hydrogens is 270 g/mol. The monoisotopic (exact) mass is 291 g/mol. The fraction of sp³-hybridized carbons (Fsp3) is 0.818. The number of likely N-dealkylation sites (N-methyl/N-ethyl adjacent to an activating group) is 1. The maximum absolute atomic E-state index is 11.6. The number of carbonyl (C=O) groups excluding carboxylic acids is 1. The largest absolute Gasteiger partial charge is 0.569 e. The zero-order valence-electron chi connectivity index (χ0n) is 12.1. The van der Waals surface area contributed by atoms with Crippen LogP contribution in [0.25, 0.3) is 0 Å². The maximum Gasteiger partial charge on any atom is 0.332 e. The normalized spacial score (nSPS) is 14.3. The summed E-state index contributed by atoms with van der Waals surface area (Å²) in [6.45, 7) is 4.64. The van der Waals surface area contributed by atoms with Gasteiger partial charge in [0.1, 0.15) is 0 Å². The van der Waals surface area contributed by atoms with E-state index in [2.05, 4.69) is 14.9 Å². The average Bonchev–Trinajstić information content (AvgIpc) is 2.42. The molecule has 0 saturated carbocycles. The first-order valence-corrected chi connectivity index (χ1v) is 6.26. The standard InChI is InChI=1S/C11H21N3O6/c1-5-8(3)10(11(16)17)13(4)14(18)12-20-7-19-9(15)6-2/h8,10H,5-7H2,1-4H3,(H,16,17)/t8-,10+/m1/s1. The topological polar surface area (TPSA) is 114 Å². The summed E-state index contributed by atoms with van der Waals surface area (Å²) in [5.41, 5.74) is 0. The summed E-state index contributed by atoms with van der Waals surface area (Å²) < 4.78 is 4.54. The molecule has 2 atom stereocenters. The second-order valence-electron chi connectivity index (χ2n) is 4.19. The van der Waals surface area contributed by atoms with Gasteiger partial charge in [-0.2, -0.15) is 0 Å². The van der Waals surface area contributed by atoms with Crippen LogP contribution in [0, 0.1) is 11.1 Å². The van der Waals surface area contributed by atoms with Crippen molar-refractivity contribution >= 4 is 11.9 Å². The second-order valence-corrected chi connectivity index (χ2v) is 4.19. The van der Waals surface area contributed by atoms with E-state index in [-0.39, 0.29) is 17.3 Å². The molecule has 0 aromatic carbocycles. The molecule has 0 spiro atoms.